The highest BCUT2D eigenvalue weighted by Gasteiger charge is 2.15. The predicted molar refractivity (Wildman–Crippen MR) is 97.6 cm³/mol. The quantitative estimate of drug-likeness (QED) is 0.506. The summed E-state index contributed by atoms with van der Waals surface area (Å²) in [5.41, 5.74) is -1.94. The predicted octanol–water partition coefficient (Wildman–Crippen LogP) is 1.25. The minimum Gasteiger partial charge on any atom is -0.247 e. The Balaban J connectivity index is 3.15. The molecule has 1 rings (SSSR count). The van der Waals surface area contributed by atoms with E-state index in [1.54, 1.807) is 0 Å². The summed E-state index contributed by atoms with van der Waals surface area (Å²) >= 11 is 0. The molecule has 0 aromatic carbocycles. The fourth-order valence-corrected chi connectivity index (χ4v) is 2.68. The largest absolute Gasteiger partial charge is 0.336 e. The SMILES string of the molecule is N#CCCCCn1c(=O)n(CCCCC#N)c(=O)n(CCCCC#N)c1=O. The Hall–Kier alpha value is -3.12. The minimum atomic E-state index is -0.646. The number of rotatable bonds is 12. The molecule has 144 valence electrons. The molecule has 0 saturated heterocycles. The zero-order valence-corrected chi connectivity index (χ0v) is 15.4. The lowest BCUT2D eigenvalue weighted by molar-refractivity contribution is 0.420. The van der Waals surface area contributed by atoms with E-state index in [1.165, 1.54) is 0 Å². The van der Waals surface area contributed by atoms with Crippen LogP contribution in [0.15, 0.2) is 14.4 Å². The van der Waals surface area contributed by atoms with E-state index in [0.717, 1.165) is 13.7 Å². The highest BCUT2D eigenvalue weighted by Crippen LogP contribution is 1.98. The molecule has 27 heavy (non-hydrogen) atoms. The van der Waals surface area contributed by atoms with Gasteiger partial charge >= 0.3 is 17.1 Å². The Morgan fingerprint density at radius 2 is 0.778 bits per heavy atom. The van der Waals surface area contributed by atoms with E-state index in [4.69, 9.17) is 15.8 Å². The second kappa shape index (κ2) is 12.3. The van der Waals surface area contributed by atoms with Crippen molar-refractivity contribution < 1.29 is 0 Å². The fourth-order valence-electron chi connectivity index (χ4n) is 2.68. The van der Waals surface area contributed by atoms with Gasteiger partial charge in [0, 0.05) is 38.9 Å². The molecule has 0 aliphatic carbocycles. The average Bonchev–Trinajstić information content (AvgIpc) is 2.66. The van der Waals surface area contributed by atoms with Gasteiger partial charge in [0.05, 0.1) is 18.2 Å². The third-order valence-electron chi connectivity index (χ3n) is 4.15. The molecule has 0 radical (unpaired) electrons. The number of hydrogen-bond donors (Lipinski definition) is 0. The summed E-state index contributed by atoms with van der Waals surface area (Å²) in [7, 11) is 0. The molecule has 0 aliphatic heterocycles. The normalized spacial score (nSPS) is 10.1. The van der Waals surface area contributed by atoms with E-state index in [-0.39, 0.29) is 19.6 Å². The van der Waals surface area contributed by atoms with Gasteiger partial charge in [-0.2, -0.15) is 15.8 Å². The number of nitrogens with zero attached hydrogens (tertiary/aromatic N) is 6. The van der Waals surface area contributed by atoms with Gasteiger partial charge in [-0.3, -0.25) is 0 Å². The van der Waals surface area contributed by atoms with Crippen LogP contribution in [0.25, 0.3) is 0 Å². The number of unbranched alkanes of at least 4 members (excludes halogenated alkanes) is 6. The Bertz CT molecular complexity index is 755. The molecule has 1 aromatic heterocycles. The maximum atomic E-state index is 12.6. The molecule has 0 atom stereocenters. The van der Waals surface area contributed by atoms with Crippen LogP contribution in [0.3, 0.4) is 0 Å². The first kappa shape index (κ1) is 21.9. The number of hydrogen-bond acceptors (Lipinski definition) is 6. The fraction of sp³-hybridized carbons (Fsp3) is 0.667. The molecule has 0 unspecified atom stereocenters. The van der Waals surface area contributed by atoms with Crippen molar-refractivity contribution in [3.8, 4) is 18.2 Å². The molecule has 1 heterocycles. The molecule has 0 amide bonds. The lowest BCUT2D eigenvalue weighted by atomic mass is 10.2. The van der Waals surface area contributed by atoms with Crippen LogP contribution in [0.2, 0.25) is 0 Å². The Morgan fingerprint density at radius 3 is 1.00 bits per heavy atom. The van der Waals surface area contributed by atoms with E-state index >= 15 is 0 Å². The van der Waals surface area contributed by atoms with Gasteiger partial charge in [-0.15, -0.1) is 0 Å². The first-order chi connectivity index (χ1) is 13.1. The summed E-state index contributed by atoms with van der Waals surface area (Å²) in [4.78, 5) is 37.8. The molecular weight excluding hydrogens is 348 g/mol. The molecule has 1 aromatic rings. The van der Waals surface area contributed by atoms with Crippen LogP contribution in [-0.4, -0.2) is 13.7 Å². The highest BCUT2D eigenvalue weighted by molar-refractivity contribution is 4.80. The van der Waals surface area contributed by atoms with Crippen molar-refractivity contribution in [2.24, 2.45) is 0 Å². The second-order valence-electron chi connectivity index (χ2n) is 6.15. The molecule has 0 bridgehead atoms. The van der Waals surface area contributed by atoms with Crippen LogP contribution in [-0.2, 0) is 19.6 Å². The lowest BCUT2D eigenvalue weighted by Crippen LogP contribution is -2.54. The molecule has 0 fully saturated rings. The van der Waals surface area contributed by atoms with Gasteiger partial charge in [-0.25, -0.2) is 28.1 Å². The van der Waals surface area contributed by atoms with Gasteiger partial charge in [0.2, 0.25) is 0 Å². The molecule has 0 saturated carbocycles. The van der Waals surface area contributed by atoms with Crippen molar-refractivity contribution >= 4 is 0 Å². The summed E-state index contributed by atoms with van der Waals surface area (Å²) in [6.45, 7) is 0.446. The van der Waals surface area contributed by atoms with Gasteiger partial charge < -0.3 is 0 Å². The first-order valence-electron chi connectivity index (χ1n) is 9.13. The maximum absolute atomic E-state index is 12.6. The van der Waals surface area contributed by atoms with Crippen LogP contribution in [0.5, 0.6) is 0 Å². The van der Waals surface area contributed by atoms with Crippen molar-refractivity contribution in [3.63, 3.8) is 0 Å². The molecule has 9 heteroatoms. The summed E-state index contributed by atoms with van der Waals surface area (Å²) in [6.07, 6.45) is 4.17. The van der Waals surface area contributed by atoms with Crippen molar-refractivity contribution in [1.29, 1.82) is 15.8 Å². The average molecular weight is 372 g/mol. The zero-order chi connectivity index (χ0) is 20.1. The van der Waals surface area contributed by atoms with E-state index in [9.17, 15) is 14.4 Å². The third-order valence-corrected chi connectivity index (χ3v) is 4.15. The van der Waals surface area contributed by atoms with Crippen molar-refractivity contribution in [2.75, 3.05) is 0 Å². The monoisotopic (exact) mass is 372 g/mol. The second-order valence-corrected chi connectivity index (χ2v) is 6.15. The van der Waals surface area contributed by atoms with Crippen LogP contribution >= 0.6 is 0 Å². The summed E-state index contributed by atoms with van der Waals surface area (Å²) < 4.78 is 3.15. The van der Waals surface area contributed by atoms with E-state index in [0.29, 0.717) is 57.8 Å². The number of aromatic nitrogens is 3. The van der Waals surface area contributed by atoms with Crippen LogP contribution in [0.1, 0.15) is 57.8 Å². The summed E-state index contributed by atoms with van der Waals surface area (Å²) in [6, 6.07) is 6.05. The minimum absolute atomic E-state index is 0.149. The Morgan fingerprint density at radius 1 is 0.519 bits per heavy atom. The van der Waals surface area contributed by atoms with Crippen molar-refractivity contribution in [3.05, 3.63) is 31.5 Å². The van der Waals surface area contributed by atoms with Gasteiger partial charge in [0.1, 0.15) is 0 Å². The van der Waals surface area contributed by atoms with Crippen molar-refractivity contribution in [2.45, 2.75) is 77.4 Å². The van der Waals surface area contributed by atoms with E-state index < -0.39 is 17.1 Å². The smallest absolute Gasteiger partial charge is 0.247 e. The van der Waals surface area contributed by atoms with Crippen LogP contribution in [0, 0.1) is 34.0 Å². The molecule has 9 nitrogen and oxygen atoms in total. The Kier molecular flexibility index (Phi) is 9.96. The highest BCUT2D eigenvalue weighted by atomic mass is 16.2. The van der Waals surface area contributed by atoms with Crippen molar-refractivity contribution in [1.82, 2.24) is 13.7 Å². The molecule has 0 aliphatic rings. The molecule has 0 spiro atoms. The van der Waals surface area contributed by atoms with E-state index in [2.05, 4.69) is 0 Å². The summed E-state index contributed by atoms with van der Waals surface area (Å²) in [5, 5.41) is 25.8. The van der Waals surface area contributed by atoms with E-state index in [1.807, 2.05) is 18.2 Å². The lowest BCUT2D eigenvalue weighted by Gasteiger charge is -2.13. The molecular formula is C18H24N6O3. The van der Waals surface area contributed by atoms with Gasteiger partial charge in [0.25, 0.3) is 0 Å². The maximum Gasteiger partial charge on any atom is 0.336 e. The van der Waals surface area contributed by atoms with Gasteiger partial charge in [-0.05, 0) is 38.5 Å². The zero-order valence-electron chi connectivity index (χ0n) is 15.4. The summed E-state index contributed by atoms with van der Waals surface area (Å²) in [5.74, 6) is 0. The van der Waals surface area contributed by atoms with Gasteiger partial charge in [-0.1, -0.05) is 0 Å². The molecule has 0 N–H and O–H groups in total. The topological polar surface area (TPSA) is 137 Å². The third kappa shape index (κ3) is 6.60. The standard InChI is InChI=1S/C18H24N6O3/c19-10-4-1-7-13-22-16(25)23(14-8-2-5-11-20)18(27)24(17(22)26)15-9-3-6-12-21/h1-9,13-15H2. The van der Waals surface area contributed by atoms with Crippen LogP contribution in [0.4, 0.5) is 0 Å². The number of nitriles is 3. The Labute approximate surface area is 157 Å². The first-order valence-corrected chi connectivity index (χ1v) is 9.13. The van der Waals surface area contributed by atoms with Gasteiger partial charge in [0.15, 0.2) is 0 Å². The van der Waals surface area contributed by atoms with Crippen LogP contribution < -0.4 is 17.1 Å².